The first-order valence-electron chi connectivity index (χ1n) is 13.1. The number of imide groups is 1. The molecule has 3 aromatic rings. The fourth-order valence-corrected chi connectivity index (χ4v) is 5.75. The van der Waals surface area contributed by atoms with Crippen molar-refractivity contribution in [3.8, 4) is 0 Å². The lowest BCUT2D eigenvalue weighted by atomic mass is 9.87. The summed E-state index contributed by atoms with van der Waals surface area (Å²) in [5.74, 6) is -0.592. The van der Waals surface area contributed by atoms with Gasteiger partial charge in [-0.2, -0.15) is 0 Å². The van der Waals surface area contributed by atoms with Crippen LogP contribution in [0, 0.1) is 0 Å². The molecule has 2 aliphatic rings. The lowest BCUT2D eigenvalue weighted by molar-refractivity contribution is -0.125. The fraction of sp³-hybridized carbons (Fsp3) is 0.414. The summed E-state index contributed by atoms with van der Waals surface area (Å²) in [6.07, 6.45) is 5.72. The van der Waals surface area contributed by atoms with Crippen molar-refractivity contribution in [2.24, 2.45) is 0 Å². The van der Waals surface area contributed by atoms with Crippen LogP contribution in [0.1, 0.15) is 74.5 Å². The van der Waals surface area contributed by atoms with E-state index < -0.39 is 5.54 Å². The first-order chi connectivity index (χ1) is 17.4. The minimum atomic E-state index is -1.15. The minimum absolute atomic E-state index is 0.0554. The van der Waals surface area contributed by atoms with E-state index in [0.29, 0.717) is 24.2 Å². The molecule has 0 radical (unpaired) electrons. The quantitative estimate of drug-likeness (QED) is 0.326. The van der Waals surface area contributed by atoms with Gasteiger partial charge in [0.25, 0.3) is 11.8 Å². The number of hydrogen-bond donors (Lipinski definition) is 2. The first-order valence-corrected chi connectivity index (χ1v) is 13.1. The van der Waals surface area contributed by atoms with Gasteiger partial charge >= 0.3 is 6.03 Å². The highest BCUT2D eigenvalue weighted by Crippen LogP contribution is 2.45. The second kappa shape index (κ2) is 9.45. The van der Waals surface area contributed by atoms with Crippen molar-refractivity contribution in [2.45, 2.75) is 70.9 Å². The number of H-pyrrole nitrogens is 1. The lowest BCUT2D eigenvalue weighted by Gasteiger charge is -2.35. The molecule has 2 aliphatic heterocycles. The number of nitrogens with one attached hydrogen (secondary N) is 2. The van der Waals surface area contributed by atoms with E-state index in [2.05, 4.69) is 24.1 Å². The summed E-state index contributed by atoms with van der Waals surface area (Å²) in [6, 6.07) is 14.6. The van der Waals surface area contributed by atoms with E-state index in [-0.39, 0.29) is 23.9 Å². The van der Waals surface area contributed by atoms with Crippen LogP contribution in [-0.2, 0) is 16.8 Å². The number of aromatic amines is 1. The second-order valence-corrected chi connectivity index (χ2v) is 10.0. The third kappa shape index (κ3) is 3.69. The third-order valence-electron chi connectivity index (χ3n) is 7.84. The minimum Gasteiger partial charge on any atom is -0.356 e. The van der Waals surface area contributed by atoms with Gasteiger partial charge in [-0.15, -0.1) is 0 Å². The monoisotopic (exact) mass is 486 g/mol. The number of amides is 4. The maximum absolute atomic E-state index is 14.1. The van der Waals surface area contributed by atoms with Crippen LogP contribution in [-0.4, -0.2) is 40.3 Å². The van der Waals surface area contributed by atoms with E-state index >= 15 is 0 Å². The summed E-state index contributed by atoms with van der Waals surface area (Å²) in [5.41, 5.74) is 2.32. The topological polar surface area (TPSA) is 85.5 Å². The molecule has 1 saturated heterocycles. The molecule has 4 amide bonds. The van der Waals surface area contributed by atoms with Crippen molar-refractivity contribution >= 4 is 34.4 Å². The van der Waals surface area contributed by atoms with Crippen LogP contribution in [0.3, 0.4) is 0 Å². The molecule has 0 spiro atoms. The van der Waals surface area contributed by atoms with Crippen molar-refractivity contribution in [1.29, 1.82) is 0 Å². The number of para-hydroxylation sites is 2. The van der Waals surface area contributed by atoms with Crippen LogP contribution in [0.25, 0.3) is 10.9 Å². The molecule has 2 unspecified atom stereocenters. The van der Waals surface area contributed by atoms with Gasteiger partial charge in [0.2, 0.25) is 0 Å². The maximum atomic E-state index is 14.1. The zero-order valence-electron chi connectivity index (χ0n) is 21.3. The Morgan fingerprint density at radius 1 is 1.08 bits per heavy atom. The molecule has 2 atom stereocenters. The van der Waals surface area contributed by atoms with Crippen LogP contribution in [0.5, 0.6) is 0 Å². The van der Waals surface area contributed by atoms with E-state index in [1.54, 1.807) is 29.2 Å². The van der Waals surface area contributed by atoms with Crippen molar-refractivity contribution in [2.75, 3.05) is 11.4 Å². The fourth-order valence-electron chi connectivity index (χ4n) is 5.75. The summed E-state index contributed by atoms with van der Waals surface area (Å²) < 4.78 is 0. The van der Waals surface area contributed by atoms with E-state index in [1.807, 2.05) is 31.2 Å². The Morgan fingerprint density at radius 2 is 1.83 bits per heavy atom. The van der Waals surface area contributed by atoms with E-state index in [0.717, 1.165) is 54.3 Å². The predicted octanol–water partition coefficient (Wildman–Crippen LogP) is 5.50. The number of hydrogen-bond acceptors (Lipinski definition) is 3. The molecule has 36 heavy (non-hydrogen) atoms. The number of carbonyl (C=O) groups is 3. The smallest absolute Gasteiger partial charge is 0.332 e. The summed E-state index contributed by atoms with van der Waals surface area (Å²) in [6.45, 7) is 6.47. The molecule has 0 bridgehead atoms. The Hall–Kier alpha value is -3.61. The Kier molecular flexibility index (Phi) is 6.33. The number of fused-ring (bicyclic) bond motifs is 5. The van der Waals surface area contributed by atoms with Crippen LogP contribution in [0.2, 0.25) is 0 Å². The SMILES string of the molecule is CCCCCC(CC)NC(=O)c1ccccc1N1C(=O)N2CCc3c([nH]c4ccccc34)C2(C)C1=O. The summed E-state index contributed by atoms with van der Waals surface area (Å²) in [5, 5.41) is 4.22. The first kappa shape index (κ1) is 24.1. The van der Waals surface area contributed by atoms with Gasteiger partial charge in [0.15, 0.2) is 5.54 Å². The number of aromatic nitrogens is 1. The van der Waals surface area contributed by atoms with Crippen LogP contribution < -0.4 is 10.2 Å². The van der Waals surface area contributed by atoms with Crippen LogP contribution in [0.4, 0.5) is 10.5 Å². The molecule has 7 nitrogen and oxygen atoms in total. The van der Waals surface area contributed by atoms with Gasteiger partial charge in [-0.3, -0.25) is 9.59 Å². The number of urea groups is 1. The van der Waals surface area contributed by atoms with Gasteiger partial charge < -0.3 is 15.2 Å². The standard InChI is InChI=1S/C29H34N4O3/c1-4-6-7-12-19(5-2)30-26(34)22-14-9-11-16-24(22)33-27(35)29(3)25-21(17-18-32(29)28(33)36)20-13-8-10-15-23(20)31-25/h8-11,13-16,19,31H,4-7,12,17-18H2,1-3H3,(H,30,34). The number of nitrogens with zero attached hydrogens (tertiary/aromatic N) is 2. The predicted molar refractivity (Wildman–Crippen MR) is 141 cm³/mol. The Morgan fingerprint density at radius 3 is 2.61 bits per heavy atom. The normalized spacial score (nSPS) is 20.0. The van der Waals surface area contributed by atoms with Crippen molar-refractivity contribution in [3.63, 3.8) is 0 Å². The average molecular weight is 487 g/mol. The van der Waals surface area contributed by atoms with E-state index in [4.69, 9.17) is 0 Å². The summed E-state index contributed by atoms with van der Waals surface area (Å²) in [4.78, 5) is 47.4. The van der Waals surface area contributed by atoms with Gasteiger partial charge in [0.05, 0.1) is 16.9 Å². The molecule has 5 rings (SSSR count). The summed E-state index contributed by atoms with van der Waals surface area (Å²) >= 11 is 0. The molecule has 7 heteroatoms. The molecule has 2 aromatic carbocycles. The maximum Gasteiger partial charge on any atom is 0.332 e. The number of anilines is 1. The zero-order valence-corrected chi connectivity index (χ0v) is 21.3. The Balaban J connectivity index is 1.49. The average Bonchev–Trinajstić information content (AvgIpc) is 3.37. The largest absolute Gasteiger partial charge is 0.356 e. The van der Waals surface area contributed by atoms with Crippen molar-refractivity contribution in [1.82, 2.24) is 15.2 Å². The van der Waals surface area contributed by atoms with Gasteiger partial charge in [0.1, 0.15) is 0 Å². The Bertz CT molecular complexity index is 1330. The van der Waals surface area contributed by atoms with E-state index in [9.17, 15) is 14.4 Å². The van der Waals surface area contributed by atoms with Gasteiger partial charge in [-0.25, -0.2) is 9.69 Å². The molecule has 0 saturated carbocycles. The van der Waals surface area contributed by atoms with Gasteiger partial charge in [-0.1, -0.05) is 63.4 Å². The van der Waals surface area contributed by atoms with Gasteiger partial charge in [0, 0.05) is 23.5 Å². The van der Waals surface area contributed by atoms with Crippen molar-refractivity contribution < 1.29 is 14.4 Å². The lowest BCUT2D eigenvalue weighted by Crippen LogP contribution is -2.49. The van der Waals surface area contributed by atoms with Crippen LogP contribution in [0.15, 0.2) is 48.5 Å². The second-order valence-electron chi connectivity index (χ2n) is 10.0. The molecule has 3 heterocycles. The van der Waals surface area contributed by atoms with Crippen LogP contribution >= 0.6 is 0 Å². The summed E-state index contributed by atoms with van der Waals surface area (Å²) in [7, 11) is 0. The molecule has 1 aromatic heterocycles. The highest BCUT2D eigenvalue weighted by Gasteiger charge is 2.59. The number of carbonyl (C=O) groups excluding carboxylic acids is 3. The molecule has 1 fully saturated rings. The molecule has 188 valence electrons. The molecule has 0 aliphatic carbocycles. The molecular formula is C29H34N4O3. The van der Waals surface area contributed by atoms with Crippen molar-refractivity contribution in [3.05, 3.63) is 65.4 Å². The van der Waals surface area contributed by atoms with E-state index in [1.165, 1.54) is 4.90 Å². The highest BCUT2D eigenvalue weighted by atomic mass is 16.2. The molecule has 2 N–H and O–H groups in total. The number of benzene rings is 2. The number of unbranched alkanes of at least 4 members (excludes halogenated alkanes) is 2. The zero-order chi connectivity index (χ0) is 25.4. The third-order valence-corrected chi connectivity index (χ3v) is 7.84. The number of rotatable bonds is 8. The van der Waals surface area contributed by atoms with Gasteiger partial charge in [-0.05, 0) is 49.9 Å². The Labute approximate surface area is 211 Å². The molecular weight excluding hydrogens is 452 g/mol. The highest BCUT2D eigenvalue weighted by molar-refractivity contribution is 6.25.